The van der Waals surface area contributed by atoms with Crippen molar-refractivity contribution in [3.63, 3.8) is 0 Å². The molecule has 2 amide bonds. The Kier molecular flexibility index (Phi) is 2.33. The minimum absolute atomic E-state index is 0.0904. The lowest BCUT2D eigenvalue weighted by atomic mass is 10.0. The predicted octanol–water partition coefficient (Wildman–Crippen LogP) is 2.10. The second-order valence-corrected chi connectivity index (χ2v) is 5.45. The molecule has 4 heteroatoms. The van der Waals surface area contributed by atoms with Crippen molar-refractivity contribution < 1.29 is 14.3 Å². The van der Waals surface area contributed by atoms with E-state index in [2.05, 4.69) is 0 Å². The Hall–Kier alpha value is -1.32. The van der Waals surface area contributed by atoms with E-state index in [0.717, 1.165) is 12.0 Å². The van der Waals surface area contributed by atoms with Crippen molar-refractivity contribution in [3.8, 4) is 0 Å². The maximum absolute atomic E-state index is 11.9. The maximum atomic E-state index is 11.9. The van der Waals surface area contributed by atoms with E-state index in [4.69, 9.17) is 4.74 Å². The topological polar surface area (TPSA) is 46.6 Å². The van der Waals surface area contributed by atoms with Crippen LogP contribution in [0.2, 0.25) is 0 Å². The van der Waals surface area contributed by atoms with E-state index >= 15 is 0 Å². The fourth-order valence-electron chi connectivity index (χ4n) is 2.26. The summed E-state index contributed by atoms with van der Waals surface area (Å²) in [7, 11) is 0. The second-order valence-electron chi connectivity index (χ2n) is 5.45. The largest absolute Gasteiger partial charge is 0.443 e. The Morgan fingerprint density at radius 2 is 2.12 bits per heavy atom. The van der Waals surface area contributed by atoms with Gasteiger partial charge in [-0.25, -0.2) is 9.69 Å². The number of rotatable bonds is 0. The highest BCUT2D eigenvalue weighted by Crippen LogP contribution is 2.38. The van der Waals surface area contributed by atoms with Gasteiger partial charge in [0.05, 0.1) is 12.0 Å². The van der Waals surface area contributed by atoms with E-state index in [9.17, 15) is 9.59 Å². The van der Waals surface area contributed by atoms with Crippen LogP contribution in [0.5, 0.6) is 0 Å². The summed E-state index contributed by atoms with van der Waals surface area (Å²) >= 11 is 0. The average molecular weight is 223 g/mol. The van der Waals surface area contributed by atoms with E-state index in [1.165, 1.54) is 4.90 Å². The average Bonchev–Trinajstić information content (AvgIpc) is 2.56. The molecule has 2 aliphatic rings. The Morgan fingerprint density at radius 3 is 2.56 bits per heavy atom. The summed E-state index contributed by atoms with van der Waals surface area (Å²) in [4.78, 5) is 25.0. The zero-order valence-electron chi connectivity index (χ0n) is 10.1. The van der Waals surface area contributed by atoms with Crippen molar-refractivity contribution in [3.05, 3.63) is 11.6 Å². The summed E-state index contributed by atoms with van der Waals surface area (Å²) in [5, 5.41) is 0. The maximum Gasteiger partial charge on any atom is 0.417 e. The molecule has 1 aliphatic heterocycles. The van der Waals surface area contributed by atoms with Crippen LogP contribution in [0.1, 0.15) is 34.1 Å². The van der Waals surface area contributed by atoms with Crippen molar-refractivity contribution in [1.29, 1.82) is 0 Å². The molecular formula is C12H17NO3. The normalized spacial score (nSPS) is 28.4. The molecule has 0 spiro atoms. The smallest absolute Gasteiger partial charge is 0.417 e. The molecule has 0 aromatic rings. The molecular weight excluding hydrogens is 206 g/mol. The minimum atomic E-state index is -0.558. The Balaban J connectivity index is 2.13. The SMILES string of the molecule is CC1=CC2CC1C(=O)N2C(=O)OC(C)(C)C. The monoisotopic (exact) mass is 223 g/mol. The molecule has 2 atom stereocenters. The zero-order chi connectivity index (χ0) is 12.1. The molecule has 2 unspecified atom stereocenters. The van der Waals surface area contributed by atoms with Crippen molar-refractivity contribution >= 4 is 12.0 Å². The first kappa shape index (κ1) is 11.2. The van der Waals surface area contributed by atoms with Crippen LogP contribution in [0.4, 0.5) is 4.79 Å². The Bertz CT molecular complexity index is 378. The van der Waals surface area contributed by atoms with Gasteiger partial charge in [-0.1, -0.05) is 11.6 Å². The van der Waals surface area contributed by atoms with Gasteiger partial charge in [0.2, 0.25) is 5.91 Å². The van der Waals surface area contributed by atoms with Gasteiger partial charge in [-0.3, -0.25) is 4.79 Å². The number of amides is 2. The molecule has 1 heterocycles. The van der Waals surface area contributed by atoms with Gasteiger partial charge in [-0.15, -0.1) is 0 Å². The van der Waals surface area contributed by atoms with Crippen LogP contribution in [-0.4, -0.2) is 28.5 Å². The van der Waals surface area contributed by atoms with Crippen LogP contribution in [-0.2, 0) is 9.53 Å². The molecule has 16 heavy (non-hydrogen) atoms. The standard InChI is InChI=1S/C12H17NO3/c1-7-5-8-6-9(7)10(14)13(8)11(15)16-12(2,3)4/h5,8-9H,6H2,1-4H3. The van der Waals surface area contributed by atoms with Gasteiger partial charge in [0.1, 0.15) is 5.60 Å². The summed E-state index contributed by atoms with van der Waals surface area (Å²) in [6.45, 7) is 7.33. The molecule has 0 radical (unpaired) electrons. The lowest BCUT2D eigenvalue weighted by molar-refractivity contribution is -0.130. The number of fused-ring (bicyclic) bond motifs is 2. The number of carbonyl (C=O) groups is 2. The molecule has 0 aromatic heterocycles. The van der Waals surface area contributed by atoms with E-state index in [1.54, 1.807) is 20.8 Å². The number of ether oxygens (including phenoxy) is 1. The van der Waals surface area contributed by atoms with Crippen LogP contribution in [0.25, 0.3) is 0 Å². The number of nitrogens with zero attached hydrogens (tertiary/aromatic N) is 1. The van der Waals surface area contributed by atoms with Gasteiger partial charge >= 0.3 is 6.09 Å². The molecule has 1 saturated heterocycles. The lowest BCUT2D eigenvalue weighted by Crippen LogP contribution is -2.43. The summed E-state index contributed by atoms with van der Waals surface area (Å²) in [5.41, 5.74) is 0.521. The minimum Gasteiger partial charge on any atom is -0.443 e. The van der Waals surface area contributed by atoms with Crippen molar-refractivity contribution in [2.75, 3.05) is 0 Å². The van der Waals surface area contributed by atoms with Gasteiger partial charge in [-0.05, 0) is 34.1 Å². The predicted molar refractivity (Wildman–Crippen MR) is 58.7 cm³/mol. The van der Waals surface area contributed by atoms with Crippen molar-refractivity contribution in [1.82, 2.24) is 4.90 Å². The highest BCUT2D eigenvalue weighted by atomic mass is 16.6. The molecule has 2 rings (SSSR count). The Labute approximate surface area is 95.2 Å². The van der Waals surface area contributed by atoms with Crippen molar-refractivity contribution in [2.45, 2.75) is 45.8 Å². The van der Waals surface area contributed by atoms with Gasteiger partial charge in [0.15, 0.2) is 0 Å². The highest BCUT2D eigenvalue weighted by Gasteiger charge is 2.48. The Morgan fingerprint density at radius 1 is 1.50 bits per heavy atom. The molecule has 2 bridgehead atoms. The van der Waals surface area contributed by atoms with Crippen molar-refractivity contribution in [2.24, 2.45) is 5.92 Å². The molecule has 1 aliphatic carbocycles. The van der Waals surface area contributed by atoms with Crippen LogP contribution >= 0.6 is 0 Å². The molecule has 4 nitrogen and oxygen atoms in total. The van der Waals surface area contributed by atoms with E-state index in [1.807, 2.05) is 13.0 Å². The fraction of sp³-hybridized carbons (Fsp3) is 0.667. The number of hydrogen-bond acceptors (Lipinski definition) is 3. The number of hydrogen-bond donors (Lipinski definition) is 0. The van der Waals surface area contributed by atoms with Crippen LogP contribution in [0.15, 0.2) is 11.6 Å². The van der Waals surface area contributed by atoms with E-state index in [0.29, 0.717) is 0 Å². The molecule has 0 saturated carbocycles. The third-order valence-electron chi connectivity index (χ3n) is 2.94. The third kappa shape index (κ3) is 1.72. The highest BCUT2D eigenvalue weighted by molar-refractivity contribution is 5.98. The second kappa shape index (κ2) is 3.34. The summed E-state index contributed by atoms with van der Waals surface area (Å²) in [6, 6.07) is -0.0904. The van der Waals surface area contributed by atoms with Gasteiger partial charge in [0.25, 0.3) is 0 Å². The third-order valence-corrected chi connectivity index (χ3v) is 2.94. The lowest BCUT2D eigenvalue weighted by Gasteiger charge is -2.27. The van der Waals surface area contributed by atoms with Crippen LogP contribution < -0.4 is 0 Å². The summed E-state index contributed by atoms with van der Waals surface area (Å²) in [6.07, 6.45) is 2.19. The molecule has 88 valence electrons. The quantitative estimate of drug-likeness (QED) is 0.591. The van der Waals surface area contributed by atoms with E-state index in [-0.39, 0.29) is 17.9 Å². The zero-order valence-corrected chi connectivity index (χ0v) is 10.1. The fourth-order valence-corrected chi connectivity index (χ4v) is 2.26. The van der Waals surface area contributed by atoms with Gasteiger partial charge in [-0.2, -0.15) is 0 Å². The summed E-state index contributed by atoms with van der Waals surface area (Å²) < 4.78 is 5.22. The number of carbonyl (C=O) groups excluding carboxylic acids is 2. The molecule has 1 fully saturated rings. The van der Waals surface area contributed by atoms with Crippen LogP contribution in [0, 0.1) is 5.92 Å². The number of likely N-dealkylation sites (tertiary alicyclic amines) is 1. The molecule has 0 aromatic carbocycles. The first-order chi connectivity index (χ1) is 7.29. The molecule has 0 N–H and O–H groups in total. The van der Waals surface area contributed by atoms with E-state index < -0.39 is 11.7 Å². The van der Waals surface area contributed by atoms with Gasteiger partial charge < -0.3 is 4.74 Å². The number of imide groups is 1. The first-order valence-electron chi connectivity index (χ1n) is 5.54. The van der Waals surface area contributed by atoms with Gasteiger partial charge in [0, 0.05) is 0 Å². The van der Waals surface area contributed by atoms with Crippen LogP contribution in [0.3, 0.4) is 0 Å². The first-order valence-corrected chi connectivity index (χ1v) is 5.54. The summed E-state index contributed by atoms with van der Waals surface area (Å²) in [5.74, 6) is -0.211.